The maximum Gasteiger partial charge on any atom is 0.222 e. The first-order valence-electron chi connectivity index (χ1n) is 8.61. The number of carbonyl (C=O) groups is 1. The van der Waals surface area contributed by atoms with Gasteiger partial charge in [0, 0.05) is 51.7 Å². The van der Waals surface area contributed by atoms with Gasteiger partial charge in [-0.1, -0.05) is 6.92 Å². The Bertz CT molecular complexity index is 343. The summed E-state index contributed by atoms with van der Waals surface area (Å²) in [5, 5.41) is 0. The van der Waals surface area contributed by atoms with Crippen molar-refractivity contribution in [3.63, 3.8) is 0 Å². The van der Waals surface area contributed by atoms with Gasteiger partial charge in [0.25, 0.3) is 0 Å². The van der Waals surface area contributed by atoms with Crippen LogP contribution in [0, 0.1) is 0 Å². The SMILES string of the molecule is CCCC(=O)N1CCC(N2CCN(C3COC3)CC2)CC1. The van der Waals surface area contributed by atoms with Gasteiger partial charge in [-0.25, -0.2) is 0 Å². The van der Waals surface area contributed by atoms with Crippen molar-refractivity contribution in [3.8, 4) is 0 Å². The summed E-state index contributed by atoms with van der Waals surface area (Å²) in [6, 6.07) is 1.37. The zero-order valence-corrected chi connectivity index (χ0v) is 13.3. The molecular weight excluding hydrogens is 266 g/mol. The first kappa shape index (κ1) is 15.3. The van der Waals surface area contributed by atoms with Gasteiger partial charge in [-0.05, 0) is 19.3 Å². The summed E-state index contributed by atoms with van der Waals surface area (Å²) < 4.78 is 5.29. The van der Waals surface area contributed by atoms with Crippen LogP contribution < -0.4 is 0 Å². The minimum atomic E-state index is 0.353. The molecule has 0 atom stereocenters. The second-order valence-corrected chi connectivity index (χ2v) is 6.63. The van der Waals surface area contributed by atoms with E-state index >= 15 is 0 Å². The first-order chi connectivity index (χ1) is 10.3. The largest absolute Gasteiger partial charge is 0.378 e. The summed E-state index contributed by atoms with van der Waals surface area (Å²) in [6.45, 7) is 10.6. The summed E-state index contributed by atoms with van der Waals surface area (Å²) in [7, 11) is 0. The van der Waals surface area contributed by atoms with Crippen LogP contribution in [0.3, 0.4) is 0 Å². The standard InChI is InChI=1S/C16H29N3O2/c1-2-3-16(20)19-6-4-14(5-7-19)17-8-10-18(11-9-17)15-12-21-13-15/h14-15H,2-13H2,1H3. The Hall–Kier alpha value is -0.650. The van der Waals surface area contributed by atoms with E-state index in [4.69, 9.17) is 4.74 Å². The summed E-state index contributed by atoms with van der Waals surface area (Å²) >= 11 is 0. The van der Waals surface area contributed by atoms with Gasteiger partial charge in [0.15, 0.2) is 0 Å². The Balaban J connectivity index is 1.40. The third-order valence-corrected chi connectivity index (χ3v) is 5.28. The predicted octanol–water partition coefficient (Wildman–Crippen LogP) is 0.794. The van der Waals surface area contributed by atoms with Crippen molar-refractivity contribution < 1.29 is 9.53 Å². The van der Waals surface area contributed by atoms with E-state index in [0.717, 1.165) is 45.6 Å². The molecule has 3 aliphatic rings. The molecule has 120 valence electrons. The molecule has 0 unspecified atom stereocenters. The molecular formula is C16H29N3O2. The van der Waals surface area contributed by atoms with E-state index in [9.17, 15) is 4.79 Å². The number of piperidine rings is 1. The molecule has 5 heteroatoms. The van der Waals surface area contributed by atoms with Gasteiger partial charge in [0.05, 0.1) is 19.3 Å². The lowest BCUT2D eigenvalue weighted by Crippen LogP contribution is -2.59. The lowest BCUT2D eigenvalue weighted by molar-refractivity contribution is -0.133. The Labute approximate surface area is 128 Å². The zero-order valence-electron chi connectivity index (χ0n) is 13.3. The highest BCUT2D eigenvalue weighted by molar-refractivity contribution is 5.76. The van der Waals surface area contributed by atoms with Crippen LogP contribution >= 0.6 is 0 Å². The van der Waals surface area contributed by atoms with Crippen LogP contribution in [0.2, 0.25) is 0 Å². The highest BCUT2D eigenvalue weighted by Gasteiger charge is 2.32. The van der Waals surface area contributed by atoms with E-state index < -0.39 is 0 Å². The van der Waals surface area contributed by atoms with Gasteiger partial charge < -0.3 is 9.64 Å². The van der Waals surface area contributed by atoms with Crippen LogP contribution in [-0.4, -0.2) is 85.2 Å². The number of amides is 1. The molecule has 3 saturated heterocycles. The maximum atomic E-state index is 11.9. The van der Waals surface area contributed by atoms with E-state index in [2.05, 4.69) is 21.6 Å². The van der Waals surface area contributed by atoms with E-state index in [-0.39, 0.29) is 0 Å². The van der Waals surface area contributed by atoms with Crippen molar-refractivity contribution in [2.75, 3.05) is 52.5 Å². The third kappa shape index (κ3) is 3.58. The average molecular weight is 295 g/mol. The fourth-order valence-electron chi connectivity index (χ4n) is 3.75. The van der Waals surface area contributed by atoms with Crippen LogP contribution in [0.15, 0.2) is 0 Å². The van der Waals surface area contributed by atoms with E-state index in [1.54, 1.807) is 0 Å². The fourth-order valence-corrected chi connectivity index (χ4v) is 3.75. The van der Waals surface area contributed by atoms with Gasteiger partial charge in [-0.3, -0.25) is 14.6 Å². The molecule has 0 aromatic rings. The molecule has 0 bridgehead atoms. The molecule has 0 radical (unpaired) electrons. The monoisotopic (exact) mass is 295 g/mol. The summed E-state index contributed by atoms with van der Waals surface area (Å²) in [5.74, 6) is 0.353. The fraction of sp³-hybridized carbons (Fsp3) is 0.938. The summed E-state index contributed by atoms with van der Waals surface area (Å²) in [4.78, 5) is 19.2. The highest BCUT2D eigenvalue weighted by atomic mass is 16.5. The molecule has 0 spiro atoms. The van der Waals surface area contributed by atoms with Crippen molar-refractivity contribution in [2.24, 2.45) is 0 Å². The summed E-state index contributed by atoms with van der Waals surface area (Å²) in [5.41, 5.74) is 0. The Morgan fingerprint density at radius 2 is 1.52 bits per heavy atom. The minimum Gasteiger partial charge on any atom is -0.378 e. The molecule has 3 heterocycles. The number of piperazine rings is 1. The lowest BCUT2D eigenvalue weighted by Gasteiger charge is -2.46. The Morgan fingerprint density at radius 1 is 0.952 bits per heavy atom. The zero-order chi connectivity index (χ0) is 14.7. The van der Waals surface area contributed by atoms with Gasteiger partial charge in [-0.15, -0.1) is 0 Å². The van der Waals surface area contributed by atoms with E-state index in [1.807, 2.05) is 0 Å². The second kappa shape index (κ2) is 7.07. The molecule has 0 N–H and O–H groups in total. The normalized spacial score (nSPS) is 26.8. The average Bonchev–Trinajstić information content (AvgIpc) is 2.47. The molecule has 3 aliphatic heterocycles. The third-order valence-electron chi connectivity index (χ3n) is 5.28. The van der Waals surface area contributed by atoms with Crippen molar-refractivity contribution in [3.05, 3.63) is 0 Å². The van der Waals surface area contributed by atoms with Gasteiger partial charge >= 0.3 is 0 Å². The summed E-state index contributed by atoms with van der Waals surface area (Å²) in [6.07, 6.45) is 3.99. The minimum absolute atomic E-state index is 0.353. The van der Waals surface area contributed by atoms with E-state index in [1.165, 1.54) is 26.2 Å². The molecule has 0 aromatic heterocycles. The van der Waals surface area contributed by atoms with E-state index in [0.29, 0.717) is 24.4 Å². The second-order valence-electron chi connectivity index (χ2n) is 6.63. The molecule has 1 amide bonds. The molecule has 3 fully saturated rings. The highest BCUT2D eigenvalue weighted by Crippen LogP contribution is 2.21. The van der Waals surface area contributed by atoms with Crippen molar-refractivity contribution in [2.45, 2.75) is 44.7 Å². The Kier molecular flexibility index (Phi) is 5.14. The molecule has 3 rings (SSSR count). The molecule has 0 aromatic carbocycles. The molecule has 0 aliphatic carbocycles. The number of carbonyl (C=O) groups excluding carboxylic acids is 1. The van der Waals surface area contributed by atoms with Crippen molar-refractivity contribution in [1.29, 1.82) is 0 Å². The number of hydrogen-bond acceptors (Lipinski definition) is 4. The first-order valence-corrected chi connectivity index (χ1v) is 8.61. The number of rotatable bonds is 4. The maximum absolute atomic E-state index is 11.9. The number of likely N-dealkylation sites (tertiary alicyclic amines) is 1. The van der Waals surface area contributed by atoms with Crippen molar-refractivity contribution >= 4 is 5.91 Å². The number of nitrogens with zero attached hydrogens (tertiary/aromatic N) is 3. The quantitative estimate of drug-likeness (QED) is 0.768. The molecule has 0 saturated carbocycles. The van der Waals surface area contributed by atoms with Crippen LogP contribution in [0.4, 0.5) is 0 Å². The van der Waals surface area contributed by atoms with Crippen LogP contribution in [0.1, 0.15) is 32.6 Å². The molecule has 21 heavy (non-hydrogen) atoms. The number of ether oxygens (including phenoxy) is 1. The van der Waals surface area contributed by atoms with Gasteiger partial charge in [-0.2, -0.15) is 0 Å². The van der Waals surface area contributed by atoms with Crippen LogP contribution in [-0.2, 0) is 9.53 Å². The van der Waals surface area contributed by atoms with Gasteiger partial charge in [0.1, 0.15) is 0 Å². The van der Waals surface area contributed by atoms with Crippen LogP contribution in [0.5, 0.6) is 0 Å². The van der Waals surface area contributed by atoms with Crippen LogP contribution in [0.25, 0.3) is 0 Å². The Morgan fingerprint density at radius 3 is 2.00 bits per heavy atom. The predicted molar refractivity (Wildman–Crippen MR) is 82.3 cm³/mol. The smallest absolute Gasteiger partial charge is 0.222 e. The number of hydrogen-bond donors (Lipinski definition) is 0. The molecule has 5 nitrogen and oxygen atoms in total. The topological polar surface area (TPSA) is 36.0 Å². The lowest BCUT2D eigenvalue weighted by atomic mass is 10.0. The van der Waals surface area contributed by atoms with Gasteiger partial charge in [0.2, 0.25) is 5.91 Å². The van der Waals surface area contributed by atoms with Crippen molar-refractivity contribution in [1.82, 2.24) is 14.7 Å².